The molecule has 0 spiro atoms. The van der Waals surface area contributed by atoms with Crippen molar-refractivity contribution >= 4 is 12.2 Å². The number of methoxy groups -OCH3 is 1. The molecule has 1 N–H and O–H groups in total. The van der Waals surface area contributed by atoms with Crippen LogP contribution in [0.2, 0.25) is 0 Å². The monoisotopic (exact) mass is 456 g/mol. The van der Waals surface area contributed by atoms with Crippen LogP contribution in [0.4, 0.5) is 0 Å². The smallest absolute Gasteiger partial charge is 0.272 e. The fourth-order valence-corrected chi connectivity index (χ4v) is 5.05. The number of likely N-dealkylation sites (tertiary alicyclic amines) is 1. The second kappa shape index (κ2) is 8.93. The molecule has 6 heteroatoms. The average Bonchev–Trinajstić information content (AvgIpc) is 3.60. The molecule has 34 heavy (non-hydrogen) atoms. The lowest BCUT2D eigenvalue weighted by Crippen LogP contribution is -2.29. The molecule has 2 fully saturated rings. The lowest BCUT2D eigenvalue weighted by Gasteiger charge is -2.20. The Morgan fingerprint density at radius 3 is 2.53 bits per heavy atom. The van der Waals surface area contributed by atoms with Gasteiger partial charge in [0.1, 0.15) is 17.2 Å². The number of pyridine rings is 1. The third-order valence-electron chi connectivity index (χ3n) is 7.01. The Hall–Kier alpha value is -3.67. The molecule has 3 aromatic rings. The Bertz CT molecular complexity index is 1270. The van der Waals surface area contributed by atoms with Crippen molar-refractivity contribution in [1.29, 1.82) is 0 Å². The van der Waals surface area contributed by atoms with Crippen LogP contribution in [0.5, 0.6) is 11.5 Å². The highest BCUT2D eigenvalue weighted by atomic mass is 16.5. The minimum atomic E-state index is -0.166. The van der Waals surface area contributed by atoms with Gasteiger partial charge in [-0.15, -0.1) is 0 Å². The minimum Gasteiger partial charge on any atom is -0.506 e. The van der Waals surface area contributed by atoms with Crippen molar-refractivity contribution in [2.24, 2.45) is 0 Å². The van der Waals surface area contributed by atoms with Gasteiger partial charge in [0.25, 0.3) is 5.91 Å². The summed E-state index contributed by atoms with van der Waals surface area (Å²) in [5.41, 5.74) is 5.57. The van der Waals surface area contributed by atoms with E-state index in [1.807, 2.05) is 12.1 Å². The molecular formula is C28H28N2O4. The van der Waals surface area contributed by atoms with E-state index in [2.05, 4.69) is 29.2 Å². The van der Waals surface area contributed by atoms with E-state index in [0.717, 1.165) is 29.4 Å². The molecular weight excluding hydrogens is 428 g/mol. The molecule has 5 rings (SSSR count). The molecule has 6 nitrogen and oxygen atoms in total. The van der Waals surface area contributed by atoms with E-state index in [1.165, 1.54) is 24.5 Å². The molecule has 2 heterocycles. The minimum absolute atomic E-state index is 0.0315. The quantitative estimate of drug-likeness (QED) is 0.523. The van der Waals surface area contributed by atoms with Gasteiger partial charge in [0.15, 0.2) is 6.29 Å². The number of aromatic nitrogens is 1. The van der Waals surface area contributed by atoms with Gasteiger partial charge >= 0.3 is 0 Å². The second-order valence-corrected chi connectivity index (χ2v) is 9.17. The topological polar surface area (TPSA) is 79.7 Å². The molecule has 1 saturated heterocycles. The summed E-state index contributed by atoms with van der Waals surface area (Å²) in [5.74, 6) is 1.11. The van der Waals surface area contributed by atoms with Crippen LogP contribution >= 0.6 is 0 Å². The van der Waals surface area contributed by atoms with Crippen LogP contribution in [0.3, 0.4) is 0 Å². The van der Waals surface area contributed by atoms with E-state index in [-0.39, 0.29) is 17.6 Å². The van der Waals surface area contributed by atoms with Gasteiger partial charge in [-0.05, 0) is 60.9 Å². The maximum atomic E-state index is 13.0. The largest absolute Gasteiger partial charge is 0.506 e. The van der Waals surface area contributed by atoms with Crippen molar-refractivity contribution in [3.63, 3.8) is 0 Å². The summed E-state index contributed by atoms with van der Waals surface area (Å²) in [6, 6.07) is 15.5. The molecule has 1 aromatic heterocycles. The number of hydrogen-bond donors (Lipinski definition) is 1. The lowest BCUT2D eigenvalue weighted by atomic mass is 9.88. The Balaban J connectivity index is 1.45. The van der Waals surface area contributed by atoms with Crippen LogP contribution in [-0.2, 0) is 0 Å². The summed E-state index contributed by atoms with van der Waals surface area (Å²) in [6.07, 6.45) is 4.02. The number of carbonyl (C=O) groups excluding carboxylic acids is 2. The third kappa shape index (κ3) is 3.94. The summed E-state index contributed by atoms with van der Waals surface area (Å²) >= 11 is 0. The van der Waals surface area contributed by atoms with E-state index in [1.54, 1.807) is 25.0 Å². The van der Waals surface area contributed by atoms with E-state index >= 15 is 0 Å². The second-order valence-electron chi connectivity index (χ2n) is 9.17. The van der Waals surface area contributed by atoms with Crippen LogP contribution in [0.1, 0.15) is 68.8 Å². The SMILES string of the molecule is COc1c(-c2ccccc2C2CC2)ccc(C2CCN(C(=O)c3ccc(O)c(C)n3)C2)c1C=O. The Morgan fingerprint density at radius 1 is 1.03 bits per heavy atom. The third-order valence-corrected chi connectivity index (χ3v) is 7.01. The van der Waals surface area contributed by atoms with Crippen LogP contribution in [0, 0.1) is 6.92 Å². The lowest BCUT2D eigenvalue weighted by molar-refractivity contribution is 0.0784. The summed E-state index contributed by atoms with van der Waals surface area (Å²) in [6.45, 7) is 2.75. The number of benzene rings is 2. The molecule has 1 aliphatic heterocycles. The number of aromatic hydroxyl groups is 1. The predicted octanol–water partition coefficient (Wildman–Crippen LogP) is 5.09. The van der Waals surface area contributed by atoms with Crippen molar-refractivity contribution in [2.75, 3.05) is 20.2 Å². The van der Waals surface area contributed by atoms with Crippen LogP contribution < -0.4 is 4.74 Å². The highest BCUT2D eigenvalue weighted by molar-refractivity contribution is 5.93. The van der Waals surface area contributed by atoms with Crippen LogP contribution in [0.15, 0.2) is 48.5 Å². The van der Waals surface area contributed by atoms with Gasteiger partial charge in [-0.2, -0.15) is 0 Å². The Labute approximate surface area is 199 Å². The molecule has 1 aliphatic carbocycles. The first kappa shape index (κ1) is 22.1. The van der Waals surface area contributed by atoms with Gasteiger partial charge < -0.3 is 14.7 Å². The number of aldehydes is 1. The molecule has 2 aromatic carbocycles. The van der Waals surface area contributed by atoms with Crippen LogP contribution in [0.25, 0.3) is 11.1 Å². The number of aryl methyl sites for hydroxylation is 1. The van der Waals surface area contributed by atoms with Gasteiger partial charge in [0.2, 0.25) is 0 Å². The molecule has 2 aliphatic rings. The number of hydrogen-bond acceptors (Lipinski definition) is 5. The van der Waals surface area contributed by atoms with Gasteiger partial charge in [0.05, 0.1) is 18.4 Å². The zero-order valence-corrected chi connectivity index (χ0v) is 19.5. The number of rotatable bonds is 6. The first-order valence-electron chi connectivity index (χ1n) is 11.7. The molecule has 0 radical (unpaired) electrons. The number of amides is 1. The highest BCUT2D eigenvalue weighted by Crippen LogP contribution is 2.47. The number of nitrogens with zero attached hydrogens (tertiary/aromatic N) is 2. The van der Waals surface area contributed by atoms with Crippen molar-refractivity contribution in [3.05, 3.63) is 76.6 Å². The number of ether oxygens (including phenoxy) is 1. The summed E-state index contributed by atoms with van der Waals surface area (Å²) in [5, 5.41) is 9.71. The maximum absolute atomic E-state index is 13.0. The van der Waals surface area contributed by atoms with Gasteiger partial charge in [-0.3, -0.25) is 9.59 Å². The van der Waals surface area contributed by atoms with E-state index < -0.39 is 0 Å². The zero-order chi connectivity index (χ0) is 23.8. The first-order valence-corrected chi connectivity index (χ1v) is 11.7. The summed E-state index contributed by atoms with van der Waals surface area (Å²) in [7, 11) is 1.61. The fraction of sp³-hybridized carbons (Fsp3) is 0.321. The predicted molar refractivity (Wildman–Crippen MR) is 130 cm³/mol. The maximum Gasteiger partial charge on any atom is 0.272 e. The molecule has 1 saturated carbocycles. The molecule has 1 atom stereocenters. The summed E-state index contributed by atoms with van der Waals surface area (Å²) < 4.78 is 5.80. The van der Waals surface area contributed by atoms with Gasteiger partial charge in [-0.25, -0.2) is 4.98 Å². The van der Waals surface area contributed by atoms with E-state index in [0.29, 0.717) is 41.7 Å². The molecule has 0 bridgehead atoms. The van der Waals surface area contributed by atoms with Crippen molar-refractivity contribution < 1.29 is 19.4 Å². The van der Waals surface area contributed by atoms with Gasteiger partial charge in [0, 0.05) is 24.6 Å². The van der Waals surface area contributed by atoms with E-state index in [4.69, 9.17) is 4.74 Å². The van der Waals surface area contributed by atoms with Crippen LogP contribution in [-0.4, -0.2) is 47.4 Å². The fourth-order valence-electron chi connectivity index (χ4n) is 5.05. The average molecular weight is 457 g/mol. The standard InChI is InChI=1S/C28H28N2O4/c1-17-26(32)12-11-25(29-17)28(33)30-14-13-19(15-30)21-9-10-23(27(34-2)24(21)16-31)22-6-4-3-5-20(22)18-7-8-18/h3-6,9-12,16,18-19,32H,7-8,13-15H2,1-2H3. The number of carbonyl (C=O) groups is 2. The van der Waals surface area contributed by atoms with Gasteiger partial charge in [-0.1, -0.05) is 36.4 Å². The van der Waals surface area contributed by atoms with Crippen molar-refractivity contribution in [3.8, 4) is 22.6 Å². The zero-order valence-electron chi connectivity index (χ0n) is 19.5. The highest BCUT2D eigenvalue weighted by Gasteiger charge is 2.32. The van der Waals surface area contributed by atoms with E-state index in [9.17, 15) is 14.7 Å². The molecule has 1 unspecified atom stereocenters. The molecule has 1 amide bonds. The Morgan fingerprint density at radius 2 is 1.82 bits per heavy atom. The Kier molecular flexibility index (Phi) is 5.82. The first-order chi connectivity index (χ1) is 16.5. The summed E-state index contributed by atoms with van der Waals surface area (Å²) in [4.78, 5) is 31.3. The normalized spacial score (nSPS) is 17.6. The van der Waals surface area contributed by atoms with Crippen molar-refractivity contribution in [1.82, 2.24) is 9.88 Å². The molecule has 174 valence electrons. The van der Waals surface area contributed by atoms with Crippen molar-refractivity contribution in [2.45, 2.75) is 38.0 Å².